The molecule has 1 aliphatic carbocycles. The Morgan fingerprint density at radius 1 is 1.33 bits per heavy atom. The van der Waals surface area contributed by atoms with Crippen molar-refractivity contribution in [1.82, 2.24) is 0 Å². The van der Waals surface area contributed by atoms with E-state index in [4.69, 9.17) is 10.5 Å². The van der Waals surface area contributed by atoms with Gasteiger partial charge in [-0.2, -0.15) is 10.5 Å². The van der Waals surface area contributed by atoms with E-state index in [1.807, 2.05) is 26.0 Å². The van der Waals surface area contributed by atoms with Crippen LogP contribution in [0.1, 0.15) is 26.7 Å². The van der Waals surface area contributed by atoms with Crippen LogP contribution in [0.25, 0.3) is 0 Å². The summed E-state index contributed by atoms with van der Waals surface area (Å²) in [7, 11) is 0. The largest absolute Gasteiger partial charge is 0.193 e. The lowest BCUT2D eigenvalue weighted by Gasteiger charge is -2.11. The minimum Gasteiger partial charge on any atom is -0.193 e. The second-order valence-electron chi connectivity index (χ2n) is 3.83. The fourth-order valence-corrected chi connectivity index (χ4v) is 1.59. The van der Waals surface area contributed by atoms with Crippen molar-refractivity contribution in [2.45, 2.75) is 26.7 Å². The van der Waals surface area contributed by atoms with E-state index in [0.29, 0.717) is 11.1 Å². The average molecular weight is 198 g/mol. The second-order valence-corrected chi connectivity index (χ2v) is 3.83. The highest BCUT2D eigenvalue weighted by Crippen LogP contribution is 2.25. The van der Waals surface area contributed by atoms with Gasteiger partial charge in [0.1, 0.15) is 6.07 Å². The maximum atomic E-state index is 9.10. The zero-order chi connectivity index (χ0) is 11.3. The van der Waals surface area contributed by atoms with Gasteiger partial charge in [-0.05, 0) is 24.3 Å². The molecule has 2 nitrogen and oxygen atoms in total. The molecule has 0 fully saturated rings. The predicted molar refractivity (Wildman–Crippen MR) is 59.5 cm³/mol. The van der Waals surface area contributed by atoms with Crippen LogP contribution in [0.2, 0.25) is 0 Å². The third-order valence-corrected chi connectivity index (χ3v) is 2.41. The van der Waals surface area contributed by atoms with E-state index in [1.54, 1.807) is 0 Å². The molecule has 0 aromatic carbocycles. The lowest BCUT2D eigenvalue weighted by atomic mass is 9.90. The summed E-state index contributed by atoms with van der Waals surface area (Å²) in [6.07, 6.45) is 7.76. The van der Waals surface area contributed by atoms with Gasteiger partial charge in [-0.3, -0.25) is 0 Å². The Bertz CT molecular complexity index is 409. The topological polar surface area (TPSA) is 47.6 Å². The first kappa shape index (κ1) is 11.3. The van der Waals surface area contributed by atoms with Gasteiger partial charge in [0.05, 0.1) is 17.2 Å². The third kappa shape index (κ3) is 2.58. The van der Waals surface area contributed by atoms with Crippen molar-refractivity contribution in [1.29, 1.82) is 10.5 Å². The van der Waals surface area contributed by atoms with Crippen molar-refractivity contribution in [3.05, 3.63) is 34.9 Å². The number of nitrogens with zero attached hydrogens (tertiary/aromatic N) is 2. The molecule has 2 heteroatoms. The molecule has 0 amide bonds. The monoisotopic (exact) mass is 198 g/mol. The molecule has 15 heavy (non-hydrogen) atoms. The van der Waals surface area contributed by atoms with Crippen LogP contribution in [0.15, 0.2) is 34.9 Å². The molecule has 0 unspecified atom stereocenters. The molecule has 0 heterocycles. The summed E-state index contributed by atoms with van der Waals surface area (Å²) in [4.78, 5) is 0. The SMILES string of the molecule is CC(C)/C(C#N)=C(\C#N)C1=CC=CCC1. The number of hydrogen-bond donors (Lipinski definition) is 0. The molecule has 0 aromatic rings. The molecular formula is C13H14N2. The van der Waals surface area contributed by atoms with Crippen LogP contribution in [-0.2, 0) is 0 Å². The van der Waals surface area contributed by atoms with E-state index >= 15 is 0 Å². The highest BCUT2D eigenvalue weighted by Gasteiger charge is 2.14. The van der Waals surface area contributed by atoms with E-state index in [1.165, 1.54) is 0 Å². The van der Waals surface area contributed by atoms with Crippen LogP contribution in [-0.4, -0.2) is 0 Å². The molecule has 76 valence electrons. The number of rotatable bonds is 2. The van der Waals surface area contributed by atoms with Gasteiger partial charge in [0, 0.05) is 0 Å². The Balaban J connectivity index is 3.18. The van der Waals surface area contributed by atoms with Crippen LogP contribution < -0.4 is 0 Å². The van der Waals surface area contributed by atoms with Crippen molar-refractivity contribution in [2.24, 2.45) is 5.92 Å². The molecule has 0 N–H and O–H groups in total. The first-order valence-corrected chi connectivity index (χ1v) is 5.11. The maximum Gasteiger partial charge on any atom is 0.100 e. The molecule has 0 saturated heterocycles. The van der Waals surface area contributed by atoms with Gasteiger partial charge >= 0.3 is 0 Å². The smallest absolute Gasteiger partial charge is 0.100 e. The van der Waals surface area contributed by atoms with E-state index in [0.717, 1.165) is 18.4 Å². The van der Waals surface area contributed by atoms with Gasteiger partial charge in [-0.25, -0.2) is 0 Å². The number of hydrogen-bond acceptors (Lipinski definition) is 2. The fourth-order valence-electron chi connectivity index (χ4n) is 1.59. The normalized spacial score (nSPS) is 16.5. The first-order valence-electron chi connectivity index (χ1n) is 5.11. The first-order chi connectivity index (χ1) is 7.20. The van der Waals surface area contributed by atoms with Gasteiger partial charge < -0.3 is 0 Å². The molecule has 0 radical (unpaired) electrons. The molecule has 0 bridgehead atoms. The standard InChI is InChI=1S/C13H14N2/c1-10(2)12(8-14)13(9-15)11-6-4-3-5-7-11/h3-4,6,10H,5,7H2,1-2H3/b13-12+. The molecular weight excluding hydrogens is 184 g/mol. The van der Waals surface area contributed by atoms with Crippen LogP contribution in [0, 0.1) is 28.6 Å². The third-order valence-electron chi connectivity index (χ3n) is 2.41. The second kappa shape index (κ2) is 5.17. The van der Waals surface area contributed by atoms with Gasteiger partial charge in [-0.1, -0.05) is 32.1 Å². The zero-order valence-corrected chi connectivity index (χ0v) is 9.12. The van der Waals surface area contributed by atoms with Gasteiger partial charge in [-0.15, -0.1) is 0 Å². The minimum atomic E-state index is 0.108. The van der Waals surface area contributed by atoms with E-state index < -0.39 is 0 Å². The molecule has 0 saturated carbocycles. The zero-order valence-electron chi connectivity index (χ0n) is 9.12. The highest BCUT2D eigenvalue weighted by molar-refractivity contribution is 5.52. The Labute approximate surface area is 90.8 Å². The molecule has 0 atom stereocenters. The molecule has 0 aromatic heterocycles. The van der Waals surface area contributed by atoms with Gasteiger partial charge in [0.2, 0.25) is 0 Å². The fraction of sp³-hybridized carbons (Fsp3) is 0.385. The van der Waals surface area contributed by atoms with E-state index in [9.17, 15) is 0 Å². The van der Waals surface area contributed by atoms with Crippen molar-refractivity contribution in [3.8, 4) is 12.1 Å². The van der Waals surface area contributed by atoms with Crippen molar-refractivity contribution < 1.29 is 0 Å². The Morgan fingerprint density at radius 2 is 2.07 bits per heavy atom. The highest BCUT2D eigenvalue weighted by atomic mass is 14.3. The molecule has 0 aliphatic heterocycles. The van der Waals surface area contributed by atoms with Gasteiger partial charge in [0.25, 0.3) is 0 Å². The lowest BCUT2D eigenvalue weighted by molar-refractivity contribution is 0.786. The van der Waals surface area contributed by atoms with E-state index in [2.05, 4.69) is 18.2 Å². The molecule has 1 rings (SSSR count). The number of allylic oxidation sites excluding steroid dienone is 6. The Hall–Kier alpha value is -1.80. The lowest BCUT2D eigenvalue weighted by Crippen LogP contribution is -2.00. The maximum absolute atomic E-state index is 9.10. The molecule has 0 spiro atoms. The Kier molecular flexibility index (Phi) is 3.89. The van der Waals surface area contributed by atoms with Crippen molar-refractivity contribution >= 4 is 0 Å². The van der Waals surface area contributed by atoms with Crippen LogP contribution in [0.5, 0.6) is 0 Å². The number of nitriles is 2. The van der Waals surface area contributed by atoms with Crippen LogP contribution in [0.4, 0.5) is 0 Å². The van der Waals surface area contributed by atoms with Gasteiger partial charge in [0.15, 0.2) is 0 Å². The van der Waals surface area contributed by atoms with Crippen LogP contribution >= 0.6 is 0 Å². The van der Waals surface area contributed by atoms with Crippen LogP contribution in [0.3, 0.4) is 0 Å². The predicted octanol–water partition coefficient (Wildman–Crippen LogP) is 3.26. The molecule has 1 aliphatic rings. The summed E-state index contributed by atoms with van der Waals surface area (Å²) in [5, 5.41) is 18.1. The van der Waals surface area contributed by atoms with E-state index in [-0.39, 0.29) is 5.92 Å². The summed E-state index contributed by atoms with van der Waals surface area (Å²) < 4.78 is 0. The quantitative estimate of drug-likeness (QED) is 0.639. The summed E-state index contributed by atoms with van der Waals surface area (Å²) in [6.45, 7) is 3.88. The summed E-state index contributed by atoms with van der Waals surface area (Å²) in [6, 6.07) is 4.30. The Morgan fingerprint density at radius 3 is 2.47 bits per heavy atom. The van der Waals surface area contributed by atoms with Crippen molar-refractivity contribution in [2.75, 3.05) is 0 Å². The summed E-state index contributed by atoms with van der Waals surface area (Å²) in [5.74, 6) is 0.108. The summed E-state index contributed by atoms with van der Waals surface area (Å²) in [5.41, 5.74) is 2.15. The minimum absolute atomic E-state index is 0.108. The van der Waals surface area contributed by atoms with Crippen molar-refractivity contribution in [3.63, 3.8) is 0 Å². The summed E-state index contributed by atoms with van der Waals surface area (Å²) >= 11 is 0. The average Bonchev–Trinajstić information content (AvgIpc) is 2.26.